The lowest BCUT2D eigenvalue weighted by Crippen LogP contribution is -2.37. The molecule has 0 rings (SSSR count). The van der Waals surface area contributed by atoms with Gasteiger partial charge >= 0.3 is 11.9 Å². The molecule has 4 nitrogen and oxygen atoms in total. The van der Waals surface area contributed by atoms with Gasteiger partial charge in [0.1, 0.15) is 0 Å². The monoisotopic (exact) mass is 593 g/mol. The van der Waals surface area contributed by atoms with Crippen LogP contribution in [0.2, 0.25) is 0 Å². The third-order valence-corrected chi connectivity index (χ3v) is 9.54. The van der Waals surface area contributed by atoms with Gasteiger partial charge in [-0.15, -0.1) is 6.58 Å². The molecule has 0 heterocycles. The van der Waals surface area contributed by atoms with Crippen LogP contribution in [0.1, 0.15) is 194 Å². The second-order valence-corrected chi connectivity index (χ2v) is 13.2. The van der Waals surface area contributed by atoms with Gasteiger partial charge < -0.3 is 10.2 Å². The minimum atomic E-state index is -0.707. The molecular weight excluding hydrogens is 520 g/mol. The smallest absolute Gasteiger partial charge is 0.306 e. The van der Waals surface area contributed by atoms with Gasteiger partial charge in [-0.05, 0) is 50.4 Å². The van der Waals surface area contributed by atoms with Crippen molar-refractivity contribution in [1.82, 2.24) is 0 Å². The van der Waals surface area contributed by atoms with E-state index < -0.39 is 23.8 Å². The molecule has 0 radical (unpaired) electrons. The molecule has 4 atom stereocenters. The number of unbranched alkanes of at least 4 members (excludes halogenated alkanes) is 19. The molecule has 4 heteroatoms. The van der Waals surface area contributed by atoms with Crippen molar-refractivity contribution in [2.75, 3.05) is 0 Å². The van der Waals surface area contributed by atoms with Gasteiger partial charge in [0, 0.05) is 0 Å². The summed E-state index contributed by atoms with van der Waals surface area (Å²) in [4.78, 5) is 25.6. The molecular formula is C38H72O4. The molecule has 0 aromatic rings. The van der Waals surface area contributed by atoms with Gasteiger partial charge in [0.25, 0.3) is 0 Å². The van der Waals surface area contributed by atoms with E-state index >= 15 is 0 Å². The summed E-state index contributed by atoms with van der Waals surface area (Å²) in [5, 5.41) is 21.0. The van der Waals surface area contributed by atoms with Crippen LogP contribution in [-0.2, 0) is 9.59 Å². The van der Waals surface area contributed by atoms with E-state index in [4.69, 9.17) is 0 Å². The van der Waals surface area contributed by atoms with Gasteiger partial charge in [-0.2, -0.15) is 0 Å². The predicted octanol–water partition coefficient (Wildman–Crippen LogP) is 12.4. The summed E-state index contributed by atoms with van der Waals surface area (Å²) in [5.74, 6) is -2.40. The molecule has 2 N–H and O–H groups in total. The highest BCUT2D eigenvalue weighted by atomic mass is 16.4. The summed E-state index contributed by atoms with van der Waals surface area (Å²) >= 11 is 0. The fraction of sp³-hybridized carbons (Fsp3) is 0.895. The van der Waals surface area contributed by atoms with E-state index in [1.54, 1.807) is 0 Å². The first kappa shape index (κ1) is 40.7. The average Bonchev–Trinajstić information content (AvgIpc) is 2.97. The summed E-state index contributed by atoms with van der Waals surface area (Å²) in [7, 11) is 0. The van der Waals surface area contributed by atoms with Crippen molar-refractivity contribution in [2.24, 2.45) is 23.7 Å². The van der Waals surface area contributed by atoms with E-state index in [2.05, 4.69) is 27.4 Å². The zero-order valence-electron chi connectivity index (χ0n) is 28.4. The highest BCUT2D eigenvalue weighted by Gasteiger charge is 2.39. The Morgan fingerprint density at radius 3 is 1.10 bits per heavy atom. The molecule has 0 amide bonds. The van der Waals surface area contributed by atoms with Crippen LogP contribution in [0.15, 0.2) is 12.7 Å². The first-order valence-corrected chi connectivity index (χ1v) is 18.5. The summed E-state index contributed by atoms with van der Waals surface area (Å²) in [6.07, 6.45) is 31.5. The summed E-state index contributed by atoms with van der Waals surface area (Å²) in [6, 6.07) is 0. The van der Waals surface area contributed by atoms with E-state index in [0.29, 0.717) is 12.8 Å². The molecule has 42 heavy (non-hydrogen) atoms. The van der Waals surface area contributed by atoms with Crippen molar-refractivity contribution >= 4 is 11.9 Å². The maximum atomic E-state index is 12.8. The Morgan fingerprint density at radius 1 is 0.476 bits per heavy atom. The number of aliphatic carboxylic acids is 2. The lowest BCUT2D eigenvalue weighted by Gasteiger charge is -2.36. The largest absolute Gasteiger partial charge is 0.481 e. The molecule has 4 unspecified atom stereocenters. The van der Waals surface area contributed by atoms with Crippen LogP contribution in [0, 0.1) is 23.7 Å². The molecule has 0 saturated heterocycles. The number of allylic oxidation sites excluding steroid dienone is 1. The van der Waals surface area contributed by atoms with Gasteiger partial charge in [0.05, 0.1) is 11.8 Å². The highest BCUT2D eigenvalue weighted by Crippen LogP contribution is 2.40. The van der Waals surface area contributed by atoms with Crippen LogP contribution in [0.3, 0.4) is 0 Å². The van der Waals surface area contributed by atoms with E-state index in [1.807, 2.05) is 6.08 Å². The number of hydrogen-bond donors (Lipinski definition) is 2. The van der Waals surface area contributed by atoms with Crippen molar-refractivity contribution < 1.29 is 19.8 Å². The standard InChI is InChI=1S/C38H72O4/c1-5-9-13-17-19-21-23-27-31-35(37(39)40)33(29-25-15-11-7-3)34(30-26-16-12-8-4)36(38(41)42)32-28-24-22-20-18-14-10-6-2/h7,33-36H,3,5-6,8-32H2,1-2,4H3,(H,39,40)(H,41,42). The fourth-order valence-corrected chi connectivity index (χ4v) is 6.94. The van der Waals surface area contributed by atoms with Crippen molar-refractivity contribution in [3.63, 3.8) is 0 Å². The average molecular weight is 593 g/mol. The minimum absolute atomic E-state index is 0.0530. The number of carboxylic acid groups (broad SMARTS) is 2. The topological polar surface area (TPSA) is 74.6 Å². The zero-order valence-corrected chi connectivity index (χ0v) is 28.4. The van der Waals surface area contributed by atoms with E-state index in [9.17, 15) is 19.8 Å². The molecule has 248 valence electrons. The fourth-order valence-electron chi connectivity index (χ4n) is 6.94. The normalized spacial score (nSPS) is 14.4. The predicted molar refractivity (Wildman–Crippen MR) is 181 cm³/mol. The van der Waals surface area contributed by atoms with Crippen LogP contribution in [-0.4, -0.2) is 22.2 Å². The summed E-state index contributed by atoms with van der Waals surface area (Å²) < 4.78 is 0. The van der Waals surface area contributed by atoms with Gasteiger partial charge in [-0.1, -0.05) is 162 Å². The number of carboxylic acids is 2. The maximum absolute atomic E-state index is 12.8. The van der Waals surface area contributed by atoms with Gasteiger partial charge in [0.2, 0.25) is 0 Å². The highest BCUT2D eigenvalue weighted by molar-refractivity contribution is 5.72. The lowest BCUT2D eigenvalue weighted by molar-refractivity contribution is -0.151. The summed E-state index contributed by atoms with van der Waals surface area (Å²) in [5.41, 5.74) is 0. The Bertz CT molecular complexity index is 631. The molecule has 0 aliphatic carbocycles. The maximum Gasteiger partial charge on any atom is 0.306 e. The molecule has 0 aromatic heterocycles. The van der Waals surface area contributed by atoms with Gasteiger partial charge in [0.15, 0.2) is 0 Å². The van der Waals surface area contributed by atoms with Crippen molar-refractivity contribution in [3.8, 4) is 0 Å². The summed E-state index contributed by atoms with van der Waals surface area (Å²) in [6.45, 7) is 10.5. The molecule has 0 spiro atoms. The molecule has 0 saturated carbocycles. The minimum Gasteiger partial charge on any atom is -0.481 e. The van der Waals surface area contributed by atoms with Crippen molar-refractivity contribution in [2.45, 2.75) is 194 Å². The zero-order chi connectivity index (χ0) is 31.3. The SMILES string of the molecule is C=CCCCCC(C(CCCCCCCCCC)C(=O)O)C(CCCCCC)C(CCCCCCCCCC)C(=O)O. The molecule has 0 bridgehead atoms. The first-order chi connectivity index (χ1) is 20.4. The van der Waals surface area contributed by atoms with Crippen LogP contribution >= 0.6 is 0 Å². The van der Waals surface area contributed by atoms with E-state index in [-0.39, 0.29) is 11.8 Å². The molecule has 0 aliphatic rings. The van der Waals surface area contributed by atoms with E-state index in [1.165, 1.54) is 77.0 Å². The lowest BCUT2D eigenvalue weighted by atomic mass is 9.68. The Labute approximate surface area is 261 Å². The van der Waals surface area contributed by atoms with Crippen molar-refractivity contribution in [1.29, 1.82) is 0 Å². The second kappa shape index (κ2) is 29.7. The third-order valence-electron chi connectivity index (χ3n) is 9.54. The first-order valence-electron chi connectivity index (χ1n) is 18.5. The quantitative estimate of drug-likeness (QED) is 0.0587. The Hall–Kier alpha value is -1.32. The molecule has 0 fully saturated rings. The van der Waals surface area contributed by atoms with Gasteiger partial charge in [-0.25, -0.2) is 0 Å². The van der Waals surface area contributed by atoms with Crippen LogP contribution in [0.5, 0.6) is 0 Å². The van der Waals surface area contributed by atoms with Crippen LogP contribution < -0.4 is 0 Å². The van der Waals surface area contributed by atoms with E-state index in [0.717, 1.165) is 83.5 Å². The molecule has 0 aliphatic heterocycles. The Morgan fingerprint density at radius 2 is 0.762 bits per heavy atom. The number of hydrogen-bond acceptors (Lipinski definition) is 2. The van der Waals surface area contributed by atoms with Crippen LogP contribution in [0.4, 0.5) is 0 Å². The van der Waals surface area contributed by atoms with Crippen LogP contribution in [0.25, 0.3) is 0 Å². The third kappa shape index (κ3) is 21.4. The number of rotatable bonds is 33. The Kier molecular flexibility index (Phi) is 28.8. The Balaban J connectivity index is 5.59. The van der Waals surface area contributed by atoms with Crippen molar-refractivity contribution in [3.05, 3.63) is 12.7 Å². The molecule has 0 aromatic carbocycles. The van der Waals surface area contributed by atoms with Gasteiger partial charge in [-0.3, -0.25) is 9.59 Å². The number of carbonyl (C=O) groups is 2. The second-order valence-electron chi connectivity index (χ2n) is 13.2.